The maximum Gasteiger partial charge on any atom is 0.410 e. The number of carbonyl (C=O) groups is 1. The second kappa shape index (κ2) is 8.98. The van der Waals surface area contributed by atoms with Crippen molar-refractivity contribution in [2.75, 3.05) is 19.3 Å². The maximum absolute atomic E-state index is 12.2. The SMILES string of the molecule is CC1(OC(=O)N2CCC(OC3CCC(Oc4ccc(S(C)(=O)=O)cc4)CC3)CC2)CC1. The first kappa shape index (κ1) is 22.4. The summed E-state index contributed by atoms with van der Waals surface area (Å²) in [6, 6.07) is 6.63. The number of ether oxygens (including phenoxy) is 3. The second-order valence-corrected chi connectivity index (χ2v) is 11.4. The Kier molecular flexibility index (Phi) is 6.49. The van der Waals surface area contributed by atoms with E-state index >= 15 is 0 Å². The summed E-state index contributed by atoms with van der Waals surface area (Å²) in [6.45, 7) is 3.38. The van der Waals surface area contributed by atoms with E-state index in [1.54, 1.807) is 24.3 Å². The lowest BCUT2D eigenvalue weighted by atomic mass is 9.94. The summed E-state index contributed by atoms with van der Waals surface area (Å²) in [6.07, 6.45) is 8.98. The van der Waals surface area contributed by atoms with Crippen LogP contribution in [0.2, 0.25) is 0 Å². The second-order valence-electron chi connectivity index (χ2n) is 9.40. The average Bonchev–Trinajstić information content (AvgIpc) is 3.46. The lowest BCUT2D eigenvalue weighted by Gasteiger charge is -2.36. The van der Waals surface area contributed by atoms with E-state index in [9.17, 15) is 13.2 Å². The normalized spacial score (nSPS) is 26.3. The highest BCUT2D eigenvalue weighted by atomic mass is 32.2. The number of likely N-dealkylation sites (tertiary alicyclic amines) is 1. The van der Waals surface area contributed by atoms with E-state index < -0.39 is 9.84 Å². The number of sulfone groups is 1. The molecule has 3 aliphatic rings. The van der Waals surface area contributed by atoms with Crippen molar-refractivity contribution >= 4 is 15.9 Å². The number of rotatable bonds is 6. The number of amides is 1. The molecule has 1 aliphatic heterocycles. The Morgan fingerprint density at radius 1 is 0.935 bits per heavy atom. The number of carbonyl (C=O) groups excluding carboxylic acids is 1. The van der Waals surface area contributed by atoms with Gasteiger partial charge in [0.05, 0.1) is 23.2 Å². The van der Waals surface area contributed by atoms with Crippen LogP contribution in [-0.2, 0) is 19.3 Å². The van der Waals surface area contributed by atoms with E-state index in [1.165, 1.54) is 6.26 Å². The molecule has 7 nitrogen and oxygen atoms in total. The van der Waals surface area contributed by atoms with Crippen molar-refractivity contribution in [2.24, 2.45) is 0 Å². The molecule has 0 spiro atoms. The summed E-state index contributed by atoms with van der Waals surface area (Å²) in [5.74, 6) is 0.705. The van der Waals surface area contributed by atoms with Gasteiger partial charge in [0.15, 0.2) is 9.84 Å². The van der Waals surface area contributed by atoms with Crippen LogP contribution in [-0.4, -0.2) is 62.7 Å². The lowest BCUT2D eigenvalue weighted by molar-refractivity contribution is -0.0662. The zero-order chi connectivity index (χ0) is 22.1. The average molecular weight is 452 g/mol. The molecule has 0 N–H and O–H groups in total. The van der Waals surface area contributed by atoms with Crippen molar-refractivity contribution < 1.29 is 27.4 Å². The fourth-order valence-corrected chi connectivity index (χ4v) is 4.87. The number of piperidine rings is 1. The monoisotopic (exact) mass is 451 g/mol. The molecule has 0 bridgehead atoms. The van der Waals surface area contributed by atoms with Crippen LogP contribution in [0.4, 0.5) is 4.79 Å². The molecule has 1 saturated heterocycles. The van der Waals surface area contributed by atoms with Crippen molar-refractivity contribution in [3.05, 3.63) is 24.3 Å². The van der Waals surface area contributed by atoms with Gasteiger partial charge in [-0.2, -0.15) is 0 Å². The van der Waals surface area contributed by atoms with Gasteiger partial charge < -0.3 is 19.1 Å². The molecule has 0 radical (unpaired) electrons. The highest BCUT2D eigenvalue weighted by molar-refractivity contribution is 7.90. The topological polar surface area (TPSA) is 82.1 Å². The number of benzene rings is 1. The van der Waals surface area contributed by atoms with Crippen LogP contribution in [0, 0.1) is 0 Å². The predicted molar refractivity (Wildman–Crippen MR) is 116 cm³/mol. The summed E-state index contributed by atoms with van der Waals surface area (Å²) in [5.41, 5.74) is -0.221. The van der Waals surface area contributed by atoms with Crippen molar-refractivity contribution in [1.29, 1.82) is 0 Å². The van der Waals surface area contributed by atoms with Gasteiger partial charge in [0.2, 0.25) is 0 Å². The highest BCUT2D eigenvalue weighted by Gasteiger charge is 2.43. The van der Waals surface area contributed by atoms with Gasteiger partial charge in [0.25, 0.3) is 0 Å². The zero-order valence-electron chi connectivity index (χ0n) is 18.4. The van der Waals surface area contributed by atoms with Gasteiger partial charge in [-0.1, -0.05) is 0 Å². The van der Waals surface area contributed by atoms with Crippen LogP contribution in [0.3, 0.4) is 0 Å². The minimum absolute atomic E-state index is 0.129. The van der Waals surface area contributed by atoms with Crippen molar-refractivity contribution in [3.63, 3.8) is 0 Å². The zero-order valence-corrected chi connectivity index (χ0v) is 19.2. The Hall–Kier alpha value is -1.80. The van der Waals surface area contributed by atoms with Gasteiger partial charge >= 0.3 is 6.09 Å². The number of nitrogens with zero attached hydrogens (tertiary/aromatic N) is 1. The molecule has 1 aromatic rings. The van der Waals surface area contributed by atoms with Gasteiger partial charge in [-0.25, -0.2) is 13.2 Å². The van der Waals surface area contributed by atoms with Gasteiger partial charge in [-0.3, -0.25) is 0 Å². The van der Waals surface area contributed by atoms with E-state index in [2.05, 4.69) is 0 Å². The van der Waals surface area contributed by atoms with Crippen LogP contribution in [0.5, 0.6) is 5.75 Å². The van der Waals surface area contributed by atoms with E-state index in [0.29, 0.717) is 23.7 Å². The maximum atomic E-state index is 12.2. The van der Waals surface area contributed by atoms with Crippen molar-refractivity contribution in [3.8, 4) is 5.75 Å². The number of hydrogen-bond acceptors (Lipinski definition) is 6. The molecule has 0 atom stereocenters. The quantitative estimate of drug-likeness (QED) is 0.651. The lowest BCUT2D eigenvalue weighted by Crippen LogP contribution is -2.43. The van der Waals surface area contributed by atoms with Crippen LogP contribution in [0.25, 0.3) is 0 Å². The van der Waals surface area contributed by atoms with Gasteiger partial charge in [-0.15, -0.1) is 0 Å². The van der Waals surface area contributed by atoms with Crippen LogP contribution in [0.1, 0.15) is 58.3 Å². The van der Waals surface area contributed by atoms with E-state index in [4.69, 9.17) is 14.2 Å². The van der Waals surface area contributed by atoms with Crippen molar-refractivity contribution in [2.45, 2.75) is 87.1 Å². The molecular weight excluding hydrogens is 418 g/mol. The molecule has 2 aliphatic carbocycles. The largest absolute Gasteiger partial charge is 0.490 e. The third-order valence-electron chi connectivity index (χ3n) is 6.55. The molecule has 4 rings (SSSR count). The Morgan fingerprint density at radius 3 is 2.03 bits per heavy atom. The Labute approximate surface area is 185 Å². The molecule has 8 heteroatoms. The molecule has 1 amide bonds. The van der Waals surface area contributed by atoms with Crippen LogP contribution >= 0.6 is 0 Å². The summed E-state index contributed by atoms with van der Waals surface area (Å²) in [5, 5.41) is 0. The first-order valence-corrected chi connectivity index (χ1v) is 13.2. The van der Waals surface area contributed by atoms with Crippen LogP contribution in [0.15, 0.2) is 29.2 Å². The van der Waals surface area contributed by atoms with E-state index in [1.807, 2.05) is 11.8 Å². The standard InChI is InChI=1S/C23H33NO6S/c1-23(13-14-23)30-22(25)24-15-11-20(12-16-24)29-18-5-3-17(4-6-18)28-19-7-9-21(10-8-19)31(2,26)27/h7-10,17-18,20H,3-6,11-16H2,1-2H3. The molecule has 172 valence electrons. The van der Waals surface area contributed by atoms with Crippen LogP contribution < -0.4 is 4.74 Å². The van der Waals surface area contributed by atoms with Gasteiger partial charge in [0, 0.05) is 19.3 Å². The Bertz CT molecular complexity index is 864. The fraction of sp³-hybridized carbons (Fsp3) is 0.696. The van der Waals surface area contributed by atoms with E-state index in [0.717, 1.165) is 51.4 Å². The minimum Gasteiger partial charge on any atom is -0.490 e. The molecule has 31 heavy (non-hydrogen) atoms. The third-order valence-corrected chi connectivity index (χ3v) is 7.68. The Morgan fingerprint density at radius 2 is 1.48 bits per heavy atom. The predicted octanol–water partition coefficient (Wildman–Crippen LogP) is 3.95. The van der Waals surface area contributed by atoms with E-state index in [-0.39, 0.29) is 30.0 Å². The summed E-state index contributed by atoms with van der Waals surface area (Å²) < 4.78 is 41.0. The molecule has 2 saturated carbocycles. The highest BCUT2D eigenvalue weighted by Crippen LogP contribution is 2.39. The summed E-state index contributed by atoms with van der Waals surface area (Å²) in [7, 11) is -3.19. The fourth-order valence-electron chi connectivity index (χ4n) is 4.24. The first-order chi connectivity index (χ1) is 14.7. The molecule has 1 heterocycles. The van der Waals surface area contributed by atoms with Gasteiger partial charge in [0.1, 0.15) is 11.4 Å². The molecule has 0 aromatic heterocycles. The molecule has 1 aromatic carbocycles. The third kappa shape index (κ3) is 6.13. The summed E-state index contributed by atoms with van der Waals surface area (Å²) in [4.78, 5) is 14.3. The molecule has 0 unspecified atom stereocenters. The smallest absolute Gasteiger partial charge is 0.410 e. The minimum atomic E-state index is -3.19. The van der Waals surface area contributed by atoms with Gasteiger partial charge in [-0.05, 0) is 82.6 Å². The molecule has 3 fully saturated rings. The molecular formula is C23H33NO6S. The summed E-state index contributed by atoms with van der Waals surface area (Å²) >= 11 is 0. The Balaban J connectivity index is 1.16. The number of hydrogen-bond donors (Lipinski definition) is 0. The van der Waals surface area contributed by atoms with Crippen molar-refractivity contribution in [1.82, 2.24) is 4.90 Å². The first-order valence-electron chi connectivity index (χ1n) is 11.3.